The topological polar surface area (TPSA) is 84.8 Å². The molecule has 0 saturated heterocycles. The number of carbonyl (C=O) groups excluding carboxylic acids is 1. The van der Waals surface area contributed by atoms with E-state index in [2.05, 4.69) is 20.5 Å². The second kappa shape index (κ2) is 7.33. The molecule has 0 atom stereocenters. The van der Waals surface area contributed by atoms with E-state index in [1.54, 1.807) is 7.11 Å². The van der Waals surface area contributed by atoms with Crippen molar-refractivity contribution in [3.05, 3.63) is 72.2 Å². The van der Waals surface area contributed by atoms with Crippen molar-refractivity contribution in [1.82, 2.24) is 19.7 Å². The summed E-state index contributed by atoms with van der Waals surface area (Å²) >= 11 is 0. The number of amides is 1. The van der Waals surface area contributed by atoms with Crippen LogP contribution in [-0.4, -0.2) is 32.8 Å². The van der Waals surface area contributed by atoms with Gasteiger partial charge < -0.3 is 9.30 Å². The number of carbonyl (C=O) groups is 1. The number of rotatable bonds is 6. The van der Waals surface area contributed by atoms with Gasteiger partial charge in [-0.15, -0.1) is 5.10 Å². The molecule has 7 heteroatoms. The average molecular weight is 361 g/mol. The summed E-state index contributed by atoms with van der Waals surface area (Å²) < 4.78 is 7.05. The molecule has 0 aliphatic heterocycles. The fourth-order valence-corrected chi connectivity index (χ4v) is 2.96. The minimum absolute atomic E-state index is 0.175. The van der Waals surface area contributed by atoms with Gasteiger partial charge in [0.15, 0.2) is 0 Å². The minimum Gasteiger partial charge on any atom is -0.497 e. The molecule has 0 aliphatic rings. The maximum atomic E-state index is 12.3. The van der Waals surface area contributed by atoms with Crippen LogP contribution in [0.3, 0.4) is 0 Å². The van der Waals surface area contributed by atoms with Crippen LogP contribution in [0.4, 0.5) is 5.95 Å². The highest BCUT2D eigenvalue weighted by molar-refractivity contribution is 5.90. The Morgan fingerprint density at radius 2 is 1.96 bits per heavy atom. The van der Waals surface area contributed by atoms with E-state index in [-0.39, 0.29) is 18.4 Å². The number of hydrogen-bond donors (Lipinski definition) is 2. The fraction of sp³-hybridized carbons (Fsp3) is 0.150. The smallest absolute Gasteiger partial charge is 0.248 e. The zero-order valence-corrected chi connectivity index (χ0v) is 14.8. The molecule has 2 N–H and O–H groups in total. The lowest BCUT2D eigenvalue weighted by Crippen LogP contribution is -2.19. The van der Waals surface area contributed by atoms with Crippen LogP contribution in [0.15, 0.2) is 60.8 Å². The third kappa shape index (κ3) is 3.82. The monoisotopic (exact) mass is 361 g/mol. The first-order valence-electron chi connectivity index (χ1n) is 8.59. The van der Waals surface area contributed by atoms with Gasteiger partial charge >= 0.3 is 0 Å². The van der Waals surface area contributed by atoms with Crippen molar-refractivity contribution in [3.8, 4) is 5.75 Å². The second-order valence-corrected chi connectivity index (χ2v) is 6.18. The normalized spacial score (nSPS) is 10.9. The lowest BCUT2D eigenvalue weighted by Gasteiger charge is -2.04. The van der Waals surface area contributed by atoms with Gasteiger partial charge in [0.25, 0.3) is 0 Å². The van der Waals surface area contributed by atoms with Gasteiger partial charge in [-0.25, -0.2) is 0 Å². The molecule has 2 heterocycles. The lowest BCUT2D eigenvalue weighted by atomic mass is 10.1. The predicted molar refractivity (Wildman–Crippen MR) is 103 cm³/mol. The Labute approximate surface area is 156 Å². The van der Waals surface area contributed by atoms with E-state index in [9.17, 15) is 4.79 Å². The van der Waals surface area contributed by atoms with Gasteiger partial charge in [-0.05, 0) is 35.2 Å². The van der Waals surface area contributed by atoms with Crippen LogP contribution in [0.5, 0.6) is 5.75 Å². The van der Waals surface area contributed by atoms with Gasteiger partial charge in [-0.1, -0.05) is 30.3 Å². The summed E-state index contributed by atoms with van der Waals surface area (Å²) in [5.41, 5.74) is 2.09. The number of aromatic amines is 1. The molecule has 136 valence electrons. The maximum Gasteiger partial charge on any atom is 0.248 e. The summed E-state index contributed by atoms with van der Waals surface area (Å²) in [6.45, 7) is 0.204. The third-order valence-electron chi connectivity index (χ3n) is 4.31. The highest BCUT2D eigenvalue weighted by atomic mass is 16.5. The Kier molecular flexibility index (Phi) is 4.57. The number of para-hydroxylation sites is 1. The molecule has 0 radical (unpaired) electrons. The van der Waals surface area contributed by atoms with Gasteiger partial charge in [0, 0.05) is 18.1 Å². The number of methoxy groups -OCH3 is 1. The van der Waals surface area contributed by atoms with E-state index in [4.69, 9.17) is 4.74 Å². The molecule has 27 heavy (non-hydrogen) atoms. The highest BCUT2D eigenvalue weighted by Crippen LogP contribution is 2.16. The number of hydrogen-bond acceptors (Lipinski definition) is 4. The van der Waals surface area contributed by atoms with Crippen molar-refractivity contribution in [2.24, 2.45) is 0 Å². The molecule has 7 nitrogen and oxygen atoms in total. The molecule has 2 aromatic heterocycles. The van der Waals surface area contributed by atoms with Crippen molar-refractivity contribution in [1.29, 1.82) is 0 Å². The highest BCUT2D eigenvalue weighted by Gasteiger charge is 2.10. The van der Waals surface area contributed by atoms with Crippen LogP contribution in [-0.2, 0) is 17.8 Å². The summed E-state index contributed by atoms with van der Waals surface area (Å²) in [6.07, 6.45) is 2.49. The fourth-order valence-electron chi connectivity index (χ4n) is 2.96. The summed E-state index contributed by atoms with van der Waals surface area (Å²) in [7, 11) is 1.64. The summed E-state index contributed by atoms with van der Waals surface area (Å²) in [6, 6.07) is 17.7. The molecule has 0 fully saturated rings. The largest absolute Gasteiger partial charge is 0.497 e. The molecule has 0 bridgehead atoms. The van der Waals surface area contributed by atoms with Gasteiger partial charge in [0.2, 0.25) is 11.9 Å². The van der Waals surface area contributed by atoms with Crippen LogP contribution in [0.1, 0.15) is 11.4 Å². The predicted octanol–water partition coefficient (Wildman–Crippen LogP) is 3.00. The van der Waals surface area contributed by atoms with Crippen molar-refractivity contribution in [2.45, 2.75) is 13.0 Å². The van der Waals surface area contributed by atoms with Crippen molar-refractivity contribution < 1.29 is 9.53 Å². The molecule has 2 aromatic carbocycles. The minimum atomic E-state index is -0.175. The molecular formula is C20H19N5O2. The van der Waals surface area contributed by atoms with E-state index < -0.39 is 0 Å². The summed E-state index contributed by atoms with van der Waals surface area (Å²) in [5, 5.41) is 10.8. The average Bonchev–Trinajstić information content (AvgIpc) is 3.29. The Hall–Kier alpha value is -3.61. The van der Waals surface area contributed by atoms with E-state index in [1.165, 1.54) is 0 Å². The van der Waals surface area contributed by atoms with Gasteiger partial charge in [-0.2, -0.15) is 4.98 Å². The van der Waals surface area contributed by atoms with Gasteiger partial charge in [0.1, 0.15) is 18.1 Å². The Morgan fingerprint density at radius 3 is 2.78 bits per heavy atom. The Morgan fingerprint density at radius 1 is 1.15 bits per heavy atom. The standard InChI is InChI=1S/C20H19N5O2/c1-27-16-8-6-14(7-9-16)12-18-21-20(24-23-18)22-19(26)13-25-11-10-15-4-2-3-5-17(15)25/h2-11H,12-13H2,1H3,(H2,21,22,23,24,26). The number of aromatic nitrogens is 4. The van der Waals surface area contributed by atoms with Gasteiger partial charge in [-0.3, -0.25) is 15.2 Å². The van der Waals surface area contributed by atoms with Crippen LogP contribution < -0.4 is 10.1 Å². The van der Waals surface area contributed by atoms with E-state index in [0.717, 1.165) is 22.2 Å². The van der Waals surface area contributed by atoms with Crippen molar-refractivity contribution >= 4 is 22.8 Å². The zero-order valence-electron chi connectivity index (χ0n) is 14.8. The Bertz CT molecular complexity index is 1070. The summed E-state index contributed by atoms with van der Waals surface area (Å²) in [5.74, 6) is 1.59. The first-order chi connectivity index (χ1) is 13.2. The molecular weight excluding hydrogens is 342 g/mol. The number of nitrogens with zero attached hydrogens (tertiary/aromatic N) is 3. The number of nitrogens with one attached hydrogen (secondary N) is 2. The van der Waals surface area contributed by atoms with Crippen molar-refractivity contribution in [2.75, 3.05) is 12.4 Å². The molecule has 0 unspecified atom stereocenters. The molecule has 0 aliphatic carbocycles. The third-order valence-corrected chi connectivity index (χ3v) is 4.31. The van der Waals surface area contributed by atoms with Crippen molar-refractivity contribution in [3.63, 3.8) is 0 Å². The number of ether oxygens (including phenoxy) is 1. The van der Waals surface area contributed by atoms with Crippen LogP contribution >= 0.6 is 0 Å². The zero-order chi connectivity index (χ0) is 18.6. The van der Waals surface area contributed by atoms with E-state index in [0.29, 0.717) is 12.2 Å². The van der Waals surface area contributed by atoms with Crippen LogP contribution in [0.2, 0.25) is 0 Å². The van der Waals surface area contributed by atoms with Gasteiger partial charge in [0.05, 0.1) is 7.11 Å². The quantitative estimate of drug-likeness (QED) is 0.553. The van der Waals surface area contributed by atoms with E-state index in [1.807, 2.05) is 65.4 Å². The number of anilines is 1. The molecule has 4 aromatic rings. The molecule has 0 spiro atoms. The van der Waals surface area contributed by atoms with Crippen LogP contribution in [0.25, 0.3) is 10.9 Å². The lowest BCUT2D eigenvalue weighted by molar-refractivity contribution is -0.116. The number of H-pyrrole nitrogens is 1. The van der Waals surface area contributed by atoms with Crippen LogP contribution in [0, 0.1) is 0 Å². The Balaban J connectivity index is 1.39. The molecule has 0 saturated carbocycles. The maximum absolute atomic E-state index is 12.3. The SMILES string of the molecule is COc1ccc(Cc2nc(NC(=O)Cn3ccc4ccccc43)n[nH]2)cc1. The van der Waals surface area contributed by atoms with E-state index >= 15 is 0 Å². The first kappa shape index (κ1) is 16.8. The first-order valence-corrected chi connectivity index (χ1v) is 8.59. The second-order valence-electron chi connectivity index (χ2n) is 6.18. The number of fused-ring (bicyclic) bond motifs is 1. The summed E-state index contributed by atoms with van der Waals surface area (Å²) in [4.78, 5) is 16.7. The molecule has 4 rings (SSSR count). The molecule has 1 amide bonds. The number of benzene rings is 2.